The Morgan fingerprint density at radius 3 is 2.04 bits per heavy atom. The lowest BCUT2D eigenvalue weighted by Gasteiger charge is -2.30. The van der Waals surface area contributed by atoms with E-state index in [-0.39, 0.29) is 17.9 Å². The van der Waals surface area contributed by atoms with Crippen molar-refractivity contribution in [2.75, 3.05) is 17.7 Å². The van der Waals surface area contributed by atoms with E-state index in [1.54, 1.807) is 31.2 Å². The minimum atomic E-state index is -3.61. The van der Waals surface area contributed by atoms with Gasteiger partial charge in [0, 0.05) is 6.04 Å². The maximum absolute atomic E-state index is 12.4. The van der Waals surface area contributed by atoms with Crippen molar-refractivity contribution in [3.05, 3.63) is 24.3 Å². The van der Waals surface area contributed by atoms with E-state index in [0.717, 1.165) is 10.6 Å². The number of hydrogen-bond donors (Lipinski definition) is 1. The fraction of sp³-hybridized carbons (Fsp3) is 0.562. The number of methoxy groups -OCH3 is 1. The van der Waals surface area contributed by atoms with Gasteiger partial charge in [0.2, 0.25) is 15.9 Å². The van der Waals surface area contributed by atoms with Gasteiger partial charge in [-0.25, -0.2) is 8.42 Å². The highest BCUT2D eigenvalue weighted by molar-refractivity contribution is 7.92. The molecule has 1 aromatic rings. The van der Waals surface area contributed by atoms with Crippen molar-refractivity contribution in [3.8, 4) is 5.75 Å². The first-order valence-electron chi connectivity index (χ1n) is 7.51. The summed E-state index contributed by atoms with van der Waals surface area (Å²) in [5, 5.41) is 2.85. The number of amides is 1. The summed E-state index contributed by atoms with van der Waals surface area (Å²) < 4.78 is 30.5. The molecule has 1 rings (SSSR count). The van der Waals surface area contributed by atoms with Gasteiger partial charge < -0.3 is 10.1 Å². The maximum atomic E-state index is 12.4. The van der Waals surface area contributed by atoms with E-state index in [4.69, 9.17) is 4.74 Å². The minimum absolute atomic E-state index is 0.0396. The first kappa shape index (κ1) is 19.3. The molecule has 0 heterocycles. The van der Waals surface area contributed by atoms with Crippen LogP contribution in [0.1, 0.15) is 27.7 Å². The summed E-state index contributed by atoms with van der Waals surface area (Å²) in [7, 11) is -2.07. The molecule has 0 radical (unpaired) electrons. The monoisotopic (exact) mass is 342 g/mol. The van der Waals surface area contributed by atoms with E-state index in [9.17, 15) is 13.2 Å². The molecule has 0 fully saturated rings. The fourth-order valence-corrected chi connectivity index (χ4v) is 3.22. The SMILES string of the molecule is COc1ccc(N([C@@H](C)C(=O)N[C@H](C)C(C)C)S(C)(=O)=O)cc1. The summed E-state index contributed by atoms with van der Waals surface area (Å²) in [6.07, 6.45) is 1.09. The smallest absolute Gasteiger partial charge is 0.243 e. The topological polar surface area (TPSA) is 75.7 Å². The Morgan fingerprint density at radius 2 is 1.65 bits per heavy atom. The number of nitrogens with one attached hydrogen (secondary N) is 1. The second kappa shape index (κ2) is 7.68. The molecule has 0 aliphatic rings. The average molecular weight is 342 g/mol. The van der Waals surface area contributed by atoms with Crippen molar-refractivity contribution in [3.63, 3.8) is 0 Å². The van der Waals surface area contributed by atoms with Gasteiger partial charge in [-0.2, -0.15) is 0 Å². The molecular formula is C16H26N2O4S. The van der Waals surface area contributed by atoms with Crippen LogP contribution in [0.5, 0.6) is 5.75 Å². The molecule has 0 aliphatic carbocycles. The van der Waals surface area contributed by atoms with E-state index in [1.807, 2.05) is 20.8 Å². The Kier molecular flexibility index (Phi) is 6.44. The second-order valence-electron chi connectivity index (χ2n) is 5.97. The zero-order valence-electron chi connectivity index (χ0n) is 14.5. The van der Waals surface area contributed by atoms with Crippen LogP contribution in [0, 0.1) is 5.92 Å². The Morgan fingerprint density at radius 1 is 1.13 bits per heavy atom. The summed E-state index contributed by atoms with van der Waals surface area (Å²) >= 11 is 0. The van der Waals surface area contributed by atoms with Crippen LogP contribution in [0.3, 0.4) is 0 Å². The van der Waals surface area contributed by atoms with Gasteiger partial charge in [-0.05, 0) is 44.0 Å². The van der Waals surface area contributed by atoms with Gasteiger partial charge in [-0.15, -0.1) is 0 Å². The highest BCUT2D eigenvalue weighted by atomic mass is 32.2. The number of hydrogen-bond acceptors (Lipinski definition) is 4. The van der Waals surface area contributed by atoms with Crippen LogP contribution in [-0.2, 0) is 14.8 Å². The van der Waals surface area contributed by atoms with Gasteiger partial charge in [0.1, 0.15) is 11.8 Å². The summed E-state index contributed by atoms with van der Waals surface area (Å²) in [4.78, 5) is 12.4. The molecule has 0 bridgehead atoms. The van der Waals surface area contributed by atoms with Gasteiger partial charge in [-0.3, -0.25) is 9.10 Å². The van der Waals surface area contributed by atoms with Gasteiger partial charge >= 0.3 is 0 Å². The third-order valence-corrected chi connectivity index (χ3v) is 5.03. The van der Waals surface area contributed by atoms with Crippen LogP contribution in [-0.4, -0.2) is 39.8 Å². The van der Waals surface area contributed by atoms with Crippen LogP contribution >= 0.6 is 0 Å². The van der Waals surface area contributed by atoms with E-state index in [2.05, 4.69) is 5.32 Å². The van der Waals surface area contributed by atoms with Gasteiger partial charge in [0.25, 0.3) is 0 Å². The first-order valence-corrected chi connectivity index (χ1v) is 9.36. The number of benzene rings is 1. The number of ether oxygens (including phenoxy) is 1. The Labute approximate surface area is 138 Å². The van der Waals surface area contributed by atoms with Gasteiger partial charge in [-0.1, -0.05) is 13.8 Å². The molecule has 0 aliphatic heterocycles. The third-order valence-electron chi connectivity index (χ3n) is 3.79. The number of carbonyl (C=O) groups is 1. The number of nitrogens with zero attached hydrogens (tertiary/aromatic N) is 1. The fourth-order valence-electron chi connectivity index (χ4n) is 2.05. The summed E-state index contributed by atoms with van der Waals surface area (Å²) in [5.74, 6) is 0.555. The zero-order valence-corrected chi connectivity index (χ0v) is 15.3. The van der Waals surface area contributed by atoms with E-state index in [0.29, 0.717) is 11.4 Å². The Balaban J connectivity index is 3.09. The van der Waals surface area contributed by atoms with Crippen LogP contribution < -0.4 is 14.4 Å². The van der Waals surface area contributed by atoms with Crippen LogP contribution in [0.4, 0.5) is 5.69 Å². The van der Waals surface area contributed by atoms with E-state index in [1.165, 1.54) is 7.11 Å². The molecule has 130 valence electrons. The number of carbonyl (C=O) groups excluding carboxylic acids is 1. The lowest BCUT2D eigenvalue weighted by atomic mass is 10.1. The number of anilines is 1. The summed E-state index contributed by atoms with van der Waals surface area (Å²) in [5.41, 5.74) is 0.424. The number of rotatable bonds is 7. The average Bonchev–Trinajstić information content (AvgIpc) is 2.46. The molecule has 1 N–H and O–H groups in total. The van der Waals surface area contributed by atoms with E-state index < -0.39 is 16.1 Å². The molecule has 6 nitrogen and oxygen atoms in total. The van der Waals surface area contributed by atoms with Crippen molar-refractivity contribution < 1.29 is 17.9 Å². The molecular weight excluding hydrogens is 316 g/mol. The van der Waals surface area contributed by atoms with Gasteiger partial charge in [0.05, 0.1) is 19.1 Å². The second-order valence-corrected chi connectivity index (χ2v) is 7.83. The molecule has 2 atom stereocenters. The highest BCUT2D eigenvalue weighted by Gasteiger charge is 2.30. The lowest BCUT2D eigenvalue weighted by Crippen LogP contribution is -2.50. The highest BCUT2D eigenvalue weighted by Crippen LogP contribution is 2.23. The van der Waals surface area contributed by atoms with Crippen LogP contribution in [0.15, 0.2) is 24.3 Å². The van der Waals surface area contributed by atoms with E-state index >= 15 is 0 Å². The van der Waals surface area contributed by atoms with Crippen LogP contribution in [0.2, 0.25) is 0 Å². The molecule has 0 saturated carbocycles. The first-order chi connectivity index (χ1) is 10.6. The van der Waals surface area contributed by atoms with Crippen molar-refractivity contribution >= 4 is 21.6 Å². The largest absolute Gasteiger partial charge is 0.497 e. The third kappa shape index (κ3) is 5.13. The zero-order chi connectivity index (χ0) is 17.8. The quantitative estimate of drug-likeness (QED) is 0.822. The van der Waals surface area contributed by atoms with Crippen molar-refractivity contribution in [1.29, 1.82) is 0 Å². The summed E-state index contributed by atoms with van der Waals surface area (Å²) in [6.45, 7) is 7.46. The molecule has 0 saturated heterocycles. The summed E-state index contributed by atoms with van der Waals surface area (Å²) in [6, 6.07) is 5.68. The predicted molar refractivity (Wildman–Crippen MR) is 92.2 cm³/mol. The minimum Gasteiger partial charge on any atom is -0.497 e. The van der Waals surface area contributed by atoms with Crippen molar-refractivity contribution in [2.24, 2.45) is 5.92 Å². The normalized spacial score (nSPS) is 14.2. The maximum Gasteiger partial charge on any atom is 0.243 e. The predicted octanol–water partition coefficient (Wildman–Crippen LogP) is 2.01. The van der Waals surface area contributed by atoms with Gasteiger partial charge in [0.15, 0.2) is 0 Å². The molecule has 0 aromatic heterocycles. The molecule has 0 unspecified atom stereocenters. The number of sulfonamides is 1. The van der Waals surface area contributed by atoms with Crippen molar-refractivity contribution in [2.45, 2.75) is 39.8 Å². The van der Waals surface area contributed by atoms with Crippen LogP contribution in [0.25, 0.3) is 0 Å². The molecule has 0 spiro atoms. The Hall–Kier alpha value is -1.76. The molecule has 1 amide bonds. The molecule has 1 aromatic carbocycles. The molecule has 7 heteroatoms. The standard InChI is InChI=1S/C16H26N2O4S/c1-11(2)12(3)17-16(19)13(4)18(23(6,20)21)14-7-9-15(22-5)10-8-14/h7-13H,1-6H3,(H,17,19)/t12-,13+/m1/s1. The Bertz CT molecular complexity index is 626. The molecule has 23 heavy (non-hydrogen) atoms. The van der Waals surface area contributed by atoms with Crippen molar-refractivity contribution in [1.82, 2.24) is 5.32 Å². The lowest BCUT2D eigenvalue weighted by molar-refractivity contribution is -0.122.